The molecule has 0 spiro atoms. The van der Waals surface area contributed by atoms with Gasteiger partial charge in [0.15, 0.2) is 0 Å². The van der Waals surface area contributed by atoms with Gasteiger partial charge in [-0.1, -0.05) is 19.3 Å². The molecule has 0 aromatic heterocycles. The van der Waals surface area contributed by atoms with E-state index in [0.717, 1.165) is 37.4 Å². The number of rotatable bonds is 3. The van der Waals surface area contributed by atoms with Crippen molar-refractivity contribution in [3.8, 4) is 0 Å². The Balaban J connectivity index is 1.75. The number of nitrogens with zero attached hydrogens (tertiary/aromatic N) is 1. The molecule has 1 saturated carbocycles. The highest BCUT2D eigenvalue weighted by molar-refractivity contribution is 7.85. The van der Waals surface area contributed by atoms with Crippen LogP contribution in [0.5, 0.6) is 0 Å². The van der Waals surface area contributed by atoms with Crippen LogP contribution >= 0.6 is 0 Å². The average Bonchev–Trinajstić information content (AvgIpc) is 2.33. The second kappa shape index (κ2) is 5.92. The average molecular weight is 243 g/mol. The Morgan fingerprint density at radius 2 is 1.75 bits per heavy atom. The van der Waals surface area contributed by atoms with Crippen LogP contribution < -0.4 is 0 Å². The summed E-state index contributed by atoms with van der Waals surface area (Å²) in [5, 5.41) is 0. The van der Waals surface area contributed by atoms with Gasteiger partial charge in [0.2, 0.25) is 0 Å². The van der Waals surface area contributed by atoms with Gasteiger partial charge in [-0.25, -0.2) is 0 Å². The molecule has 2 aliphatic rings. The van der Waals surface area contributed by atoms with Gasteiger partial charge in [0.25, 0.3) is 0 Å². The van der Waals surface area contributed by atoms with Crippen LogP contribution in [0.25, 0.3) is 0 Å². The summed E-state index contributed by atoms with van der Waals surface area (Å²) in [6, 6.07) is 0. The van der Waals surface area contributed by atoms with E-state index in [4.69, 9.17) is 0 Å². The van der Waals surface area contributed by atoms with Crippen molar-refractivity contribution in [2.45, 2.75) is 32.1 Å². The maximum absolute atomic E-state index is 12.0. The topological polar surface area (TPSA) is 37.4 Å². The normalized spacial score (nSPS) is 25.8. The zero-order chi connectivity index (χ0) is 11.4. The van der Waals surface area contributed by atoms with Crippen molar-refractivity contribution in [2.75, 3.05) is 31.1 Å². The van der Waals surface area contributed by atoms with Gasteiger partial charge in [-0.2, -0.15) is 0 Å². The molecule has 0 radical (unpaired) electrons. The summed E-state index contributed by atoms with van der Waals surface area (Å²) in [7, 11) is -0.633. The SMILES string of the molecule is O=C(CN1CCS(=O)CC1)C1CCCCC1. The van der Waals surface area contributed by atoms with Crippen LogP contribution in [-0.4, -0.2) is 46.0 Å². The molecule has 1 heterocycles. The van der Waals surface area contributed by atoms with E-state index in [2.05, 4.69) is 4.90 Å². The van der Waals surface area contributed by atoms with Crippen molar-refractivity contribution in [3.63, 3.8) is 0 Å². The number of carbonyl (C=O) groups is 1. The Morgan fingerprint density at radius 3 is 2.38 bits per heavy atom. The van der Waals surface area contributed by atoms with Crippen molar-refractivity contribution >= 4 is 16.6 Å². The molecule has 92 valence electrons. The molecule has 1 saturated heterocycles. The molecule has 0 atom stereocenters. The number of hydrogen-bond donors (Lipinski definition) is 0. The fourth-order valence-electron chi connectivity index (χ4n) is 2.61. The quantitative estimate of drug-likeness (QED) is 0.747. The van der Waals surface area contributed by atoms with Crippen molar-refractivity contribution in [1.29, 1.82) is 0 Å². The van der Waals surface area contributed by atoms with Crippen molar-refractivity contribution in [3.05, 3.63) is 0 Å². The van der Waals surface area contributed by atoms with E-state index in [1.165, 1.54) is 19.3 Å². The van der Waals surface area contributed by atoms with Gasteiger partial charge in [-0.3, -0.25) is 13.9 Å². The van der Waals surface area contributed by atoms with Gasteiger partial charge in [-0.05, 0) is 12.8 Å². The Hall–Kier alpha value is -0.220. The molecular weight excluding hydrogens is 222 g/mol. The summed E-state index contributed by atoms with van der Waals surface area (Å²) < 4.78 is 11.2. The lowest BCUT2D eigenvalue weighted by Crippen LogP contribution is -2.42. The molecule has 0 bridgehead atoms. The highest BCUT2D eigenvalue weighted by Crippen LogP contribution is 2.24. The maximum Gasteiger partial charge on any atom is 0.149 e. The Morgan fingerprint density at radius 1 is 1.12 bits per heavy atom. The molecule has 4 heteroatoms. The fourth-order valence-corrected chi connectivity index (χ4v) is 3.74. The van der Waals surface area contributed by atoms with Crippen LogP contribution in [0, 0.1) is 5.92 Å². The maximum atomic E-state index is 12.0. The molecule has 0 unspecified atom stereocenters. The third-order valence-corrected chi connectivity index (χ3v) is 4.99. The van der Waals surface area contributed by atoms with Gasteiger partial charge in [-0.15, -0.1) is 0 Å². The van der Waals surface area contributed by atoms with Crippen molar-refractivity contribution in [1.82, 2.24) is 4.90 Å². The third-order valence-electron chi connectivity index (χ3n) is 3.71. The van der Waals surface area contributed by atoms with Crippen LogP contribution in [0.1, 0.15) is 32.1 Å². The second-order valence-corrected chi connectivity index (χ2v) is 6.62. The third kappa shape index (κ3) is 3.39. The number of hydrogen-bond acceptors (Lipinski definition) is 3. The summed E-state index contributed by atoms with van der Waals surface area (Å²) in [5.74, 6) is 2.24. The van der Waals surface area contributed by atoms with E-state index >= 15 is 0 Å². The van der Waals surface area contributed by atoms with Crippen LogP contribution in [0.2, 0.25) is 0 Å². The second-order valence-electron chi connectivity index (χ2n) is 4.93. The molecule has 0 amide bonds. The minimum absolute atomic E-state index is 0.321. The molecule has 16 heavy (non-hydrogen) atoms. The van der Waals surface area contributed by atoms with Crippen LogP contribution in [0.3, 0.4) is 0 Å². The smallest absolute Gasteiger partial charge is 0.149 e. The van der Waals surface area contributed by atoms with E-state index in [1.54, 1.807) is 0 Å². The Labute approximate surface area is 100 Å². The molecule has 1 aliphatic carbocycles. The zero-order valence-corrected chi connectivity index (χ0v) is 10.6. The lowest BCUT2D eigenvalue weighted by atomic mass is 9.86. The lowest BCUT2D eigenvalue weighted by molar-refractivity contribution is -0.124. The van der Waals surface area contributed by atoms with E-state index in [0.29, 0.717) is 18.2 Å². The van der Waals surface area contributed by atoms with E-state index in [-0.39, 0.29) is 0 Å². The Bertz CT molecular complexity index is 264. The summed E-state index contributed by atoms with van der Waals surface area (Å²) in [6.07, 6.45) is 5.94. The fraction of sp³-hybridized carbons (Fsp3) is 0.917. The number of Topliss-reactive ketones (excluding diaryl/α,β-unsaturated/α-hetero) is 1. The zero-order valence-electron chi connectivity index (χ0n) is 9.82. The van der Waals surface area contributed by atoms with Crippen LogP contribution in [0.4, 0.5) is 0 Å². The van der Waals surface area contributed by atoms with E-state index < -0.39 is 10.8 Å². The first-order chi connectivity index (χ1) is 7.75. The molecule has 1 aliphatic heterocycles. The molecule has 2 fully saturated rings. The number of ketones is 1. The summed E-state index contributed by atoms with van der Waals surface area (Å²) >= 11 is 0. The molecule has 0 aromatic rings. The molecule has 0 N–H and O–H groups in total. The summed E-state index contributed by atoms with van der Waals surface area (Å²) in [5.41, 5.74) is 0. The van der Waals surface area contributed by atoms with E-state index in [9.17, 15) is 9.00 Å². The van der Waals surface area contributed by atoms with Gasteiger partial charge < -0.3 is 0 Å². The van der Waals surface area contributed by atoms with Crippen molar-refractivity contribution < 1.29 is 9.00 Å². The summed E-state index contributed by atoms with van der Waals surface area (Å²) in [4.78, 5) is 14.2. The summed E-state index contributed by atoms with van der Waals surface area (Å²) in [6.45, 7) is 2.28. The first-order valence-electron chi connectivity index (χ1n) is 6.36. The highest BCUT2D eigenvalue weighted by atomic mass is 32.2. The molecule has 3 nitrogen and oxygen atoms in total. The minimum atomic E-state index is -0.633. The van der Waals surface area contributed by atoms with Gasteiger partial charge in [0, 0.05) is 41.3 Å². The largest absolute Gasteiger partial charge is 0.298 e. The molecular formula is C12H21NO2S. The first kappa shape index (κ1) is 12.2. The van der Waals surface area contributed by atoms with E-state index in [1.807, 2.05) is 0 Å². The molecule has 2 rings (SSSR count). The molecule has 0 aromatic carbocycles. The highest BCUT2D eigenvalue weighted by Gasteiger charge is 2.24. The van der Waals surface area contributed by atoms with Crippen LogP contribution in [-0.2, 0) is 15.6 Å². The predicted octanol–water partition coefficient (Wildman–Crippen LogP) is 1.20. The van der Waals surface area contributed by atoms with Gasteiger partial charge in [0.1, 0.15) is 5.78 Å². The van der Waals surface area contributed by atoms with Gasteiger partial charge >= 0.3 is 0 Å². The minimum Gasteiger partial charge on any atom is -0.298 e. The van der Waals surface area contributed by atoms with Crippen LogP contribution in [0.15, 0.2) is 0 Å². The monoisotopic (exact) mass is 243 g/mol. The van der Waals surface area contributed by atoms with Crippen molar-refractivity contribution in [2.24, 2.45) is 5.92 Å². The predicted molar refractivity (Wildman–Crippen MR) is 65.9 cm³/mol. The Kier molecular flexibility index (Phi) is 4.53. The number of carbonyl (C=O) groups excluding carboxylic acids is 1. The van der Waals surface area contributed by atoms with Gasteiger partial charge in [0.05, 0.1) is 6.54 Å². The standard InChI is InChI=1S/C12H21NO2S/c14-12(11-4-2-1-3-5-11)10-13-6-8-16(15)9-7-13/h11H,1-10H2. The lowest BCUT2D eigenvalue weighted by Gasteiger charge is -2.28. The first-order valence-corrected chi connectivity index (χ1v) is 7.84.